The molecule has 2 atom stereocenters. The Morgan fingerprint density at radius 2 is 1.66 bits per heavy atom. The Balaban J connectivity index is 1.44. The molecular weight excluding hydrogens is 404 g/mol. The Labute approximate surface area is 185 Å². The number of imidazole rings is 1. The first-order valence-corrected chi connectivity index (χ1v) is 10.4. The van der Waals surface area contributed by atoms with Gasteiger partial charge in [0.05, 0.1) is 23.4 Å². The number of H-pyrrole nitrogens is 1. The quantitative estimate of drug-likeness (QED) is 0.413. The van der Waals surface area contributed by atoms with Crippen molar-refractivity contribution in [3.05, 3.63) is 102 Å². The highest BCUT2D eigenvalue weighted by molar-refractivity contribution is 5.86. The van der Waals surface area contributed by atoms with Crippen molar-refractivity contribution in [2.45, 2.75) is 25.6 Å². The molecule has 7 nitrogen and oxygen atoms in total. The Hall–Kier alpha value is -4.13. The second-order valence-electron chi connectivity index (χ2n) is 7.46. The van der Waals surface area contributed by atoms with Crippen molar-refractivity contribution in [3.8, 4) is 0 Å². The van der Waals surface area contributed by atoms with Crippen LogP contribution >= 0.6 is 0 Å². The lowest BCUT2D eigenvalue weighted by atomic mass is 9.98. The molecule has 3 N–H and O–H groups in total. The number of hydrogen-bond donors (Lipinski definition) is 3. The van der Waals surface area contributed by atoms with Crippen LogP contribution in [0.1, 0.15) is 29.7 Å². The Bertz CT molecular complexity index is 1190. The summed E-state index contributed by atoms with van der Waals surface area (Å²) in [6, 6.07) is 23.7. The van der Waals surface area contributed by atoms with E-state index in [1.807, 2.05) is 78.9 Å². The molecule has 0 aliphatic heterocycles. The molecule has 0 bridgehead atoms. The van der Waals surface area contributed by atoms with E-state index < -0.39 is 12.1 Å². The number of fused-ring (bicyclic) bond motifs is 1. The fourth-order valence-corrected chi connectivity index (χ4v) is 3.41. The largest absolute Gasteiger partial charge is 0.445 e. The van der Waals surface area contributed by atoms with Gasteiger partial charge in [0, 0.05) is 0 Å². The molecule has 7 heteroatoms. The van der Waals surface area contributed by atoms with E-state index in [1.54, 1.807) is 13.3 Å². The van der Waals surface area contributed by atoms with Crippen molar-refractivity contribution in [1.29, 1.82) is 0 Å². The van der Waals surface area contributed by atoms with E-state index in [0.717, 1.165) is 27.7 Å². The normalized spacial score (nSPS) is 12.7. The second kappa shape index (κ2) is 9.78. The van der Waals surface area contributed by atoms with Crippen LogP contribution in [-0.4, -0.2) is 28.0 Å². The highest BCUT2D eigenvalue weighted by Gasteiger charge is 2.22. The number of carbonyl (C=O) groups excluding carboxylic acids is 2. The molecule has 1 heterocycles. The van der Waals surface area contributed by atoms with Crippen LogP contribution in [0, 0.1) is 0 Å². The summed E-state index contributed by atoms with van der Waals surface area (Å²) in [6.07, 6.45) is 0.990. The maximum absolute atomic E-state index is 12.9. The number of alkyl carbamates (subject to hydrolysis) is 1. The summed E-state index contributed by atoms with van der Waals surface area (Å²) in [5.74, 6) is -0.319. The fraction of sp³-hybridized carbons (Fsp3) is 0.160. The molecule has 32 heavy (non-hydrogen) atoms. The summed E-state index contributed by atoms with van der Waals surface area (Å²) < 4.78 is 5.22. The van der Waals surface area contributed by atoms with Gasteiger partial charge in [0.1, 0.15) is 12.6 Å². The molecule has 3 aromatic carbocycles. The van der Waals surface area contributed by atoms with Crippen LogP contribution in [0.15, 0.2) is 85.2 Å². The van der Waals surface area contributed by atoms with Crippen LogP contribution in [0.3, 0.4) is 0 Å². The van der Waals surface area contributed by atoms with Gasteiger partial charge in [0.25, 0.3) is 0 Å². The van der Waals surface area contributed by atoms with Gasteiger partial charge in [-0.3, -0.25) is 4.79 Å². The minimum absolute atomic E-state index is 0.137. The zero-order chi connectivity index (χ0) is 22.3. The van der Waals surface area contributed by atoms with Crippen molar-refractivity contribution in [2.75, 3.05) is 0 Å². The molecule has 0 aliphatic rings. The van der Waals surface area contributed by atoms with Crippen molar-refractivity contribution < 1.29 is 14.3 Å². The number of aromatic amines is 1. The molecule has 0 saturated heterocycles. The number of hydrogen-bond acceptors (Lipinski definition) is 4. The van der Waals surface area contributed by atoms with E-state index in [2.05, 4.69) is 20.6 Å². The van der Waals surface area contributed by atoms with Crippen molar-refractivity contribution >= 4 is 23.0 Å². The zero-order valence-corrected chi connectivity index (χ0v) is 17.6. The van der Waals surface area contributed by atoms with Crippen LogP contribution in [0.5, 0.6) is 0 Å². The van der Waals surface area contributed by atoms with Crippen LogP contribution in [-0.2, 0) is 16.1 Å². The van der Waals surface area contributed by atoms with E-state index in [-0.39, 0.29) is 18.6 Å². The molecule has 2 unspecified atom stereocenters. The van der Waals surface area contributed by atoms with E-state index >= 15 is 0 Å². The maximum atomic E-state index is 12.9. The average Bonchev–Trinajstić information content (AvgIpc) is 3.30. The number of amides is 2. The number of aromatic nitrogens is 2. The third-order valence-electron chi connectivity index (χ3n) is 5.14. The summed E-state index contributed by atoms with van der Waals surface area (Å²) in [6.45, 7) is 1.76. The van der Waals surface area contributed by atoms with Crippen molar-refractivity contribution in [1.82, 2.24) is 20.6 Å². The molecule has 2 amide bonds. The van der Waals surface area contributed by atoms with Gasteiger partial charge >= 0.3 is 6.09 Å². The fourth-order valence-electron chi connectivity index (χ4n) is 3.41. The molecule has 4 aromatic rings. The molecule has 162 valence electrons. The first kappa shape index (κ1) is 21.1. The molecule has 0 saturated carbocycles. The first-order valence-electron chi connectivity index (χ1n) is 10.4. The minimum atomic E-state index is -0.777. The number of carbonyl (C=O) groups is 2. The van der Waals surface area contributed by atoms with E-state index in [1.165, 1.54) is 0 Å². The number of benzene rings is 3. The first-order chi connectivity index (χ1) is 15.6. The number of ether oxygens (including phenoxy) is 1. The second-order valence-corrected chi connectivity index (χ2v) is 7.46. The average molecular weight is 428 g/mol. The predicted molar refractivity (Wildman–Crippen MR) is 122 cm³/mol. The van der Waals surface area contributed by atoms with E-state index in [4.69, 9.17) is 4.74 Å². The molecular formula is C25H24N4O3. The molecule has 1 aromatic heterocycles. The lowest BCUT2D eigenvalue weighted by Gasteiger charge is -2.22. The van der Waals surface area contributed by atoms with Gasteiger partial charge < -0.3 is 20.4 Å². The van der Waals surface area contributed by atoms with Gasteiger partial charge in [0.2, 0.25) is 5.91 Å². The van der Waals surface area contributed by atoms with Crippen LogP contribution in [0.2, 0.25) is 0 Å². The summed E-state index contributed by atoms with van der Waals surface area (Å²) in [7, 11) is 0. The van der Waals surface area contributed by atoms with Crippen molar-refractivity contribution in [2.24, 2.45) is 0 Å². The Morgan fingerprint density at radius 1 is 0.938 bits per heavy atom. The topological polar surface area (TPSA) is 96.1 Å². The van der Waals surface area contributed by atoms with Crippen molar-refractivity contribution in [3.63, 3.8) is 0 Å². The molecule has 0 aliphatic carbocycles. The van der Waals surface area contributed by atoms with E-state index in [0.29, 0.717) is 0 Å². The molecule has 4 rings (SSSR count). The molecule has 0 spiro atoms. The van der Waals surface area contributed by atoms with Gasteiger partial charge in [-0.2, -0.15) is 0 Å². The summed E-state index contributed by atoms with van der Waals surface area (Å²) in [4.78, 5) is 32.4. The highest BCUT2D eigenvalue weighted by atomic mass is 16.5. The SMILES string of the molecule is CC(NC(=O)OCc1ccccc1)C(=O)NC(c1ccccc1)c1ccc2nc[nH]c2c1. The smallest absolute Gasteiger partial charge is 0.408 e. The lowest BCUT2D eigenvalue weighted by Crippen LogP contribution is -2.46. The van der Waals surface area contributed by atoms with Gasteiger partial charge in [-0.25, -0.2) is 9.78 Å². The maximum Gasteiger partial charge on any atom is 0.408 e. The standard InChI is InChI=1S/C25H24N4O3/c1-17(28-25(31)32-15-18-8-4-2-5-9-18)24(30)29-23(19-10-6-3-7-11-19)20-12-13-21-22(14-20)27-16-26-21/h2-14,16-17,23H,15H2,1H3,(H,26,27)(H,28,31)(H,29,30). The summed E-state index contributed by atoms with van der Waals surface area (Å²) in [5, 5.41) is 5.64. The van der Waals surface area contributed by atoms with Crippen LogP contribution < -0.4 is 10.6 Å². The molecule has 0 radical (unpaired) electrons. The lowest BCUT2D eigenvalue weighted by molar-refractivity contribution is -0.123. The Morgan fingerprint density at radius 3 is 2.41 bits per heavy atom. The third-order valence-corrected chi connectivity index (χ3v) is 5.14. The monoisotopic (exact) mass is 428 g/mol. The third kappa shape index (κ3) is 5.13. The Kier molecular flexibility index (Phi) is 6.46. The minimum Gasteiger partial charge on any atom is -0.445 e. The van der Waals surface area contributed by atoms with Gasteiger partial charge in [-0.15, -0.1) is 0 Å². The van der Waals surface area contributed by atoms with Gasteiger partial charge in [-0.05, 0) is 35.7 Å². The van der Waals surface area contributed by atoms with E-state index in [9.17, 15) is 9.59 Å². The zero-order valence-electron chi connectivity index (χ0n) is 17.6. The summed E-state index contributed by atoms with van der Waals surface area (Å²) in [5.41, 5.74) is 4.44. The predicted octanol–water partition coefficient (Wildman–Crippen LogP) is 4.08. The van der Waals surface area contributed by atoms with Gasteiger partial charge in [-0.1, -0.05) is 66.7 Å². The molecule has 0 fully saturated rings. The number of nitrogens with one attached hydrogen (secondary N) is 3. The summed E-state index contributed by atoms with van der Waals surface area (Å²) >= 11 is 0. The number of nitrogens with zero attached hydrogens (tertiary/aromatic N) is 1. The number of rotatable bonds is 7. The van der Waals surface area contributed by atoms with Crippen LogP contribution in [0.25, 0.3) is 11.0 Å². The van der Waals surface area contributed by atoms with Crippen LogP contribution in [0.4, 0.5) is 4.79 Å². The van der Waals surface area contributed by atoms with Gasteiger partial charge in [0.15, 0.2) is 0 Å². The highest BCUT2D eigenvalue weighted by Crippen LogP contribution is 2.24.